The van der Waals surface area contributed by atoms with E-state index >= 15 is 0 Å². The minimum Gasteiger partial charge on any atom is -0.492 e. The van der Waals surface area contributed by atoms with Crippen molar-refractivity contribution < 1.29 is 9.53 Å². The Kier molecular flexibility index (Phi) is 5.36. The predicted molar refractivity (Wildman–Crippen MR) is 85.6 cm³/mol. The fourth-order valence-electron chi connectivity index (χ4n) is 1.87. The fourth-order valence-corrected chi connectivity index (χ4v) is 2.59. The molecule has 1 atom stereocenters. The lowest BCUT2D eigenvalue weighted by atomic mass is 10.2. The smallest absolute Gasteiger partial charge is 0.244 e. The minimum atomic E-state index is -0.589. The van der Waals surface area contributed by atoms with Crippen molar-refractivity contribution in [1.82, 2.24) is 4.90 Å². The van der Waals surface area contributed by atoms with E-state index in [1.54, 1.807) is 11.9 Å². The maximum atomic E-state index is 12.2. The molecule has 2 rings (SSSR count). The number of rotatable bonds is 6. The molecule has 1 aromatic heterocycles. The quantitative estimate of drug-likeness (QED) is 0.892. The van der Waals surface area contributed by atoms with Gasteiger partial charge in [0.05, 0.1) is 6.54 Å². The van der Waals surface area contributed by atoms with Crippen LogP contribution in [0.25, 0.3) is 0 Å². The molecule has 0 saturated heterocycles. The molecular weight excluding hydrogens is 284 g/mol. The number of carbonyl (C=O) groups excluding carboxylic acids is 1. The van der Waals surface area contributed by atoms with E-state index in [1.165, 1.54) is 16.9 Å². The zero-order valence-electron chi connectivity index (χ0n) is 12.3. The van der Waals surface area contributed by atoms with E-state index in [1.807, 2.05) is 48.7 Å². The molecular formula is C16H20N2O2S. The summed E-state index contributed by atoms with van der Waals surface area (Å²) in [5.74, 6) is 0.717. The molecule has 1 unspecified atom stereocenters. The molecule has 1 heterocycles. The molecule has 1 aromatic carbocycles. The minimum absolute atomic E-state index is 0.0926. The van der Waals surface area contributed by atoms with Crippen LogP contribution in [0, 0.1) is 6.92 Å². The molecule has 5 heteroatoms. The van der Waals surface area contributed by atoms with Crippen LogP contribution >= 0.6 is 11.3 Å². The Morgan fingerprint density at radius 3 is 2.67 bits per heavy atom. The first kappa shape index (κ1) is 15.5. The van der Waals surface area contributed by atoms with E-state index in [-0.39, 0.29) is 5.91 Å². The second kappa shape index (κ2) is 7.24. The maximum Gasteiger partial charge on any atom is 0.244 e. The van der Waals surface area contributed by atoms with Crippen molar-refractivity contribution in [2.75, 3.05) is 20.2 Å². The third-order valence-electron chi connectivity index (χ3n) is 3.21. The van der Waals surface area contributed by atoms with E-state index < -0.39 is 6.04 Å². The Morgan fingerprint density at radius 1 is 1.33 bits per heavy atom. The summed E-state index contributed by atoms with van der Waals surface area (Å²) in [7, 11) is 1.74. The Morgan fingerprint density at radius 2 is 2.05 bits per heavy atom. The predicted octanol–water partition coefficient (Wildman–Crippen LogP) is 2.59. The van der Waals surface area contributed by atoms with E-state index in [9.17, 15) is 4.79 Å². The van der Waals surface area contributed by atoms with Gasteiger partial charge in [-0.1, -0.05) is 23.8 Å². The van der Waals surface area contributed by atoms with Crippen LogP contribution in [-0.2, 0) is 4.79 Å². The number of hydrogen-bond donors (Lipinski definition) is 1. The van der Waals surface area contributed by atoms with Gasteiger partial charge in [0.1, 0.15) is 18.4 Å². The van der Waals surface area contributed by atoms with E-state index in [4.69, 9.17) is 10.5 Å². The maximum absolute atomic E-state index is 12.2. The van der Waals surface area contributed by atoms with Crippen molar-refractivity contribution in [3.05, 3.63) is 52.2 Å². The lowest BCUT2D eigenvalue weighted by Crippen LogP contribution is -2.37. The fraction of sp³-hybridized carbons (Fsp3) is 0.312. The van der Waals surface area contributed by atoms with Gasteiger partial charge in [0.2, 0.25) is 5.91 Å². The molecule has 0 aliphatic carbocycles. The molecule has 0 bridgehead atoms. The standard InChI is InChI=1S/C16H20N2O2S/c1-12-5-7-13(8-6-12)20-10-9-18(2)16(19)15(17)14-4-3-11-21-14/h3-8,11,15H,9-10,17H2,1-2H3. The number of nitrogens with two attached hydrogens (primary N) is 1. The number of amides is 1. The third kappa shape index (κ3) is 4.31. The molecule has 0 fully saturated rings. The summed E-state index contributed by atoms with van der Waals surface area (Å²) in [5, 5.41) is 1.92. The Labute approximate surface area is 129 Å². The number of carbonyl (C=O) groups is 1. The Balaban J connectivity index is 1.80. The van der Waals surface area contributed by atoms with Gasteiger partial charge in [-0.25, -0.2) is 0 Å². The average Bonchev–Trinajstić information content (AvgIpc) is 3.02. The van der Waals surface area contributed by atoms with Crippen molar-refractivity contribution in [2.24, 2.45) is 5.73 Å². The van der Waals surface area contributed by atoms with E-state index in [0.29, 0.717) is 13.2 Å². The summed E-state index contributed by atoms with van der Waals surface area (Å²) < 4.78 is 5.62. The Bertz CT molecular complexity index is 566. The molecule has 4 nitrogen and oxygen atoms in total. The molecule has 1 amide bonds. The summed E-state index contributed by atoms with van der Waals surface area (Å²) in [4.78, 5) is 14.7. The number of benzene rings is 1. The number of nitrogens with zero attached hydrogens (tertiary/aromatic N) is 1. The second-order valence-electron chi connectivity index (χ2n) is 4.91. The van der Waals surface area contributed by atoms with Crippen molar-refractivity contribution in [1.29, 1.82) is 0 Å². The molecule has 0 saturated carbocycles. The summed E-state index contributed by atoms with van der Waals surface area (Å²) in [6, 6.07) is 11.0. The number of thiophene rings is 1. The van der Waals surface area contributed by atoms with Crippen LogP contribution in [-0.4, -0.2) is 31.0 Å². The normalized spacial score (nSPS) is 12.0. The largest absolute Gasteiger partial charge is 0.492 e. The topological polar surface area (TPSA) is 55.6 Å². The molecule has 0 aliphatic rings. The summed E-state index contributed by atoms with van der Waals surface area (Å²) in [6.45, 7) is 2.98. The lowest BCUT2D eigenvalue weighted by molar-refractivity contribution is -0.131. The van der Waals surface area contributed by atoms with Crippen molar-refractivity contribution in [2.45, 2.75) is 13.0 Å². The van der Waals surface area contributed by atoms with Gasteiger partial charge in [-0.2, -0.15) is 0 Å². The van der Waals surface area contributed by atoms with Gasteiger partial charge in [0.25, 0.3) is 0 Å². The molecule has 112 valence electrons. The van der Waals surface area contributed by atoms with Crippen LogP contribution in [0.1, 0.15) is 16.5 Å². The van der Waals surface area contributed by atoms with Gasteiger partial charge in [-0.15, -0.1) is 11.3 Å². The van der Waals surface area contributed by atoms with Crippen molar-refractivity contribution >= 4 is 17.2 Å². The van der Waals surface area contributed by atoms with Crippen LogP contribution < -0.4 is 10.5 Å². The highest BCUT2D eigenvalue weighted by atomic mass is 32.1. The van der Waals surface area contributed by atoms with Crippen molar-refractivity contribution in [3.63, 3.8) is 0 Å². The van der Waals surface area contributed by atoms with Crippen LogP contribution in [0.2, 0.25) is 0 Å². The number of likely N-dealkylation sites (N-methyl/N-ethyl adjacent to an activating group) is 1. The highest BCUT2D eigenvalue weighted by Gasteiger charge is 2.20. The molecule has 0 spiro atoms. The molecule has 2 N–H and O–H groups in total. The average molecular weight is 304 g/mol. The first-order valence-corrected chi connectivity index (χ1v) is 7.69. The Hall–Kier alpha value is -1.85. The number of hydrogen-bond acceptors (Lipinski definition) is 4. The van der Waals surface area contributed by atoms with E-state index in [2.05, 4.69) is 0 Å². The van der Waals surface area contributed by atoms with Crippen LogP contribution in [0.4, 0.5) is 0 Å². The monoisotopic (exact) mass is 304 g/mol. The van der Waals surface area contributed by atoms with Gasteiger partial charge in [-0.3, -0.25) is 4.79 Å². The SMILES string of the molecule is Cc1ccc(OCCN(C)C(=O)C(N)c2cccs2)cc1. The van der Waals surface area contributed by atoms with Crippen LogP contribution in [0.5, 0.6) is 5.75 Å². The van der Waals surface area contributed by atoms with Gasteiger partial charge in [-0.05, 0) is 30.5 Å². The molecule has 0 radical (unpaired) electrons. The molecule has 21 heavy (non-hydrogen) atoms. The van der Waals surface area contributed by atoms with Gasteiger partial charge in [0.15, 0.2) is 0 Å². The van der Waals surface area contributed by atoms with Crippen LogP contribution in [0.3, 0.4) is 0 Å². The van der Waals surface area contributed by atoms with Gasteiger partial charge < -0.3 is 15.4 Å². The summed E-state index contributed by atoms with van der Waals surface area (Å²) in [5.41, 5.74) is 7.15. The van der Waals surface area contributed by atoms with Gasteiger partial charge in [0, 0.05) is 11.9 Å². The summed E-state index contributed by atoms with van der Waals surface area (Å²) >= 11 is 1.50. The zero-order valence-corrected chi connectivity index (χ0v) is 13.1. The molecule has 2 aromatic rings. The van der Waals surface area contributed by atoms with Crippen molar-refractivity contribution in [3.8, 4) is 5.75 Å². The highest BCUT2D eigenvalue weighted by Crippen LogP contribution is 2.18. The van der Waals surface area contributed by atoms with Gasteiger partial charge >= 0.3 is 0 Å². The van der Waals surface area contributed by atoms with E-state index in [0.717, 1.165) is 10.6 Å². The first-order chi connectivity index (χ1) is 10.1. The highest BCUT2D eigenvalue weighted by molar-refractivity contribution is 7.10. The molecule has 0 aliphatic heterocycles. The summed E-state index contributed by atoms with van der Waals surface area (Å²) in [6.07, 6.45) is 0. The second-order valence-corrected chi connectivity index (χ2v) is 5.89. The third-order valence-corrected chi connectivity index (χ3v) is 4.16. The lowest BCUT2D eigenvalue weighted by Gasteiger charge is -2.20. The van der Waals surface area contributed by atoms with Crippen LogP contribution in [0.15, 0.2) is 41.8 Å². The number of aryl methyl sites for hydroxylation is 1. The zero-order chi connectivity index (χ0) is 15.2. The first-order valence-electron chi connectivity index (χ1n) is 6.81. The number of ether oxygens (including phenoxy) is 1.